The van der Waals surface area contributed by atoms with Gasteiger partial charge in [0, 0.05) is 16.8 Å². The quantitative estimate of drug-likeness (QED) is 0.585. The molecule has 33 heavy (non-hydrogen) atoms. The summed E-state index contributed by atoms with van der Waals surface area (Å²) in [6.45, 7) is 3.95. The van der Waals surface area contributed by atoms with E-state index in [0.29, 0.717) is 16.8 Å². The predicted molar refractivity (Wildman–Crippen MR) is 126 cm³/mol. The van der Waals surface area contributed by atoms with Gasteiger partial charge in [-0.3, -0.25) is 4.79 Å². The molecule has 0 fully saturated rings. The maximum atomic E-state index is 13.1. The summed E-state index contributed by atoms with van der Waals surface area (Å²) in [4.78, 5) is 24.0. The van der Waals surface area contributed by atoms with E-state index in [1.165, 1.54) is 30.3 Å². The number of nitrogens with one attached hydrogen (secondary N) is 1. The number of sulfonamides is 1. The summed E-state index contributed by atoms with van der Waals surface area (Å²) in [6.07, 6.45) is 1.42. The Labute approximate surface area is 191 Å². The lowest BCUT2D eigenvalue weighted by Crippen LogP contribution is -2.22. The number of rotatable bonds is 5. The summed E-state index contributed by atoms with van der Waals surface area (Å²) in [6, 6.07) is 17.1. The van der Waals surface area contributed by atoms with Crippen LogP contribution in [0.1, 0.15) is 37.4 Å². The van der Waals surface area contributed by atoms with Gasteiger partial charge in [-0.05, 0) is 67.4 Å². The largest absolute Gasteiger partial charge is 0.478 e. The molecule has 0 unspecified atom stereocenters. The van der Waals surface area contributed by atoms with E-state index in [4.69, 9.17) is 5.11 Å². The average Bonchev–Trinajstić information content (AvgIpc) is 2.79. The first-order valence-electron chi connectivity index (χ1n) is 10.0. The number of nitrogens with zero attached hydrogens (tertiary/aromatic N) is 1. The lowest BCUT2D eigenvalue weighted by Gasteiger charge is -2.19. The molecule has 0 atom stereocenters. The van der Waals surface area contributed by atoms with Gasteiger partial charge in [-0.1, -0.05) is 30.3 Å². The van der Waals surface area contributed by atoms with Gasteiger partial charge in [-0.15, -0.1) is 0 Å². The van der Waals surface area contributed by atoms with Gasteiger partial charge in [-0.2, -0.15) is 12.8 Å². The number of aromatic carboxylic acids is 1. The maximum absolute atomic E-state index is 13.1. The highest BCUT2D eigenvalue weighted by atomic mass is 32.2. The van der Waals surface area contributed by atoms with E-state index in [9.17, 15) is 18.0 Å². The molecule has 0 spiro atoms. The number of anilines is 1. The van der Waals surface area contributed by atoms with Crippen LogP contribution in [0.3, 0.4) is 0 Å². The third-order valence-corrected chi connectivity index (χ3v) is 6.68. The zero-order valence-corrected chi connectivity index (χ0v) is 18.7. The SMILES string of the molecule is Cc1ccc(NC2=C/C(=N/S(=O)(=O)c3ccc(C(=O)O)cc3)c3ccccc3C2=O)cc1C. The first kappa shape index (κ1) is 22.2. The van der Waals surface area contributed by atoms with Crippen LogP contribution in [0.15, 0.2) is 87.8 Å². The Morgan fingerprint density at radius 3 is 2.21 bits per heavy atom. The Morgan fingerprint density at radius 1 is 0.909 bits per heavy atom. The molecule has 0 heterocycles. The van der Waals surface area contributed by atoms with E-state index in [2.05, 4.69) is 9.71 Å². The van der Waals surface area contributed by atoms with Crippen LogP contribution in [0.25, 0.3) is 0 Å². The molecule has 4 rings (SSSR count). The first-order chi connectivity index (χ1) is 15.7. The molecular formula is C25H20N2O5S. The van der Waals surface area contributed by atoms with Crippen LogP contribution in [0.2, 0.25) is 0 Å². The highest BCUT2D eigenvalue weighted by Crippen LogP contribution is 2.26. The van der Waals surface area contributed by atoms with Crippen LogP contribution in [0.5, 0.6) is 0 Å². The third kappa shape index (κ3) is 4.47. The number of hydrogen-bond donors (Lipinski definition) is 2. The van der Waals surface area contributed by atoms with E-state index < -0.39 is 16.0 Å². The Bertz CT molecular complexity index is 1450. The van der Waals surface area contributed by atoms with Crippen molar-refractivity contribution in [3.05, 3.63) is 106 Å². The second-order valence-electron chi connectivity index (χ2n) is 7.64. The molecule has 0 bridgehead atoms. The predicted octanol–water partition coefficient (Wildman–Crippen LogP) is 4.37. The molecular weight excluding hydrogens is 440 g/mol. The zero-order valence-electron chi connectivity index (χ0n) is 17.9. The van der Waals surface area contributed by atoms with Crippen molar-refractivity contribution < 1.29 is 23.1 Å². The van der Waals surface area contributed by atoms with Crippen LogP contribution in [-0.2, 0) is 10.0 Å². The number of carbonyl (C=O) groups excluding carboxylic acids is 1. The number of fused-ring (bicyclic) bond motifs is 1. The van der Waals surface area contributed by atoms with Crippen LogP contribution >= 0.6 is 0 Å². The Morgan fingerprint density at radius 2 is 1.58 bits per heavy atom. The van der Waals surface area contributed by atoms with Crippen molar-refractivity contribution in [2.45, 2.75) is 18.7 Å². The van der Waals surface area contributed by atoms with Crippen LogP contribution in [0.4, 0.5) is 5.69 Å². The molecule has 0 saturated carbocycles. The van der Waals surface area contributed by atoms with Crippen molar-refractivity contribution in [3.8, 4) is 0 Å². The first-order valence-corrected chi connectivity index (χ1v) is 11.5. The molecule has 7 nitrogen and oxygen atoms in total. The minimum atomic E-state index is -4.16. The van der Waals surface area contributed by atoms with Crippen molar-refractivity contribution in [2.75, 3.05) is 5.32 Å². The van der Waals surface area contributed by atoms with Gasteiger partial charge in [0.1, 0.15) is 0 Å². The molecule has 0 amide bonds. The minimum absolute atomic E-state index is 0.0324. The Kier molecular flexibility index (Phi) is 5.69. The number of hydrogen-bond acceptors (Lipinski definition) is 5. The second-order valence-corrected chi connectivity index (χ2v) is 9.24. The minimum Gasteiger partial charge on any atom is -0.478 e. The molecule has 1 aliphatic rings. The van der Waals surface area contributed by atoms with Gasteiger partial charge in [0.05, 0.1) is 21.9 Å². The Balaban J connectivity index is 1.78. The fourth-order valence-electron chi connectivity index (χ4n) is 3.42. The summed E-state index contributed by atoms with van der Waals surface area (Å²) in [7, 11) is -4.16. The van der Waals surface area contributed by atoms with E-state index in [-0.39, 0.29) is 27.7 Å². The molecule has 0 saturated heterocycles. The zero-order chi connectivity index (χ0) is 23.8. The smallest absolute Gasteiger partial charge is 0.335 e. The summed E-state index contributed by atoms with van der Waals surface area (Å²) in [5.74, 6) is -1.43. The van der Waals surface area contributed by atoms with Crippen molar-refractivity contribution in [2.24, 2.45) is 4.40 Å². The van der Waals surface area contributed by atoms with Crippen LogP contribution in [0, 0.1) is 13.8 Å². The highest BCUT2D eigenvalue weighted by molar-refractivity contribution is 7.90. The monoisotopic (exact) mass is 460 g/mol. The Hall–Kier alpha value is -4.04. The van der Waals surface area contributed by atoms with Gasteiger partial charge in [0.25, 0.3) is 10.0 Å². The van der Waals surface area contributed by atoms with Gasteiger partial charge in [0.2, 0.25) is 5.78 Å². The number of benzene rings is 3. The van der Waals surface area contributed by atoms with E-state index in [1.807, 2.05) is 32.0 Å². The van der Waals surface area contributed by atoms with Crippen LogP contribution in [-0.4, -0.2) is 31.0 Å². The average molecular weight is 461 g/mol. The van der Waals surface area contributed by atoms with E-state index in [0.717, 1.165) is 11.1 Å². The number of carboxylic acid groups (broad SMARTS) is 1. The number of carbonyl (C=O) groups is 2. The molecule has 8 heteroatoms. The van der Waals surface area contributed by atoms with Crippen molar-refractivity contribution in [1.29, 1.82) is 0 Å². The number of Topliss-reactive ketones (excluding diaryl/α,β-unsaturated/α-hetero) is 1. The fourth-order valence-corrected chi connectivity index (χ4v) is 4.42. The molecule has 3 aromatic carbocycles. The number of carboxylic acids is 1. The number of ketones is 1. The number of aryl methyl sites for hydroxylation is 2. The summed E-state index contributed by atoms with van der Waals surface area (Å²) in [5.41, 5.74) is 3.87. The van der Waals surface area contributed by atoms with Gasteiger partial charge in [-0.25, -0.2) is 4.79 Å². The van der Waals surface area contributed by atoms with Crippen molar-refractivity contribution in [1.82, 2.24) is 0 Å². The third-order valence-electron chi connectivity index (χ3n) is 5.38. The highest BCUT2D eigenvalue weighted by Gasteiger charge is 2.26. The summed E-state index contributed by atoms with van der Waals surface area (Å²) in [5, 5.41) is 12.1. The summed E-state index contributed by atoms with van der Waals surface area (Å²) >= 11 is 0. The van der Waals surface area contributed by atoms with Crippen LogP contribution < -0.4 is 5.32 Å². The number of allylic oxidation sites excluding steroid dienone is 2. The van der Waals surface area contributed by atoms with E-state index >= 15 is 0 Å². The standard InChI is InChI=1S/C25H20N2O5S/c1-15-7-10-18(13-16(15)2)26-23-14-22(20-5-3-4-6-21(20)24(23)28)27-33(31,32)19-11-8-17(9-12-19)25(29)30/h3-14,26H,1-2H3,(H,29,30)/b27-22-. The molecule has 2 N–H and O–H groups in total. The van der Waals surface area contributed by atoms with Crippen molar-refractivity contribution in [3.63, 3.8) is 0 Å². The normalized spacial score (nSPS) is 14.5. The van der Waals surface area contributed by atoms with Crippen molar-refractivity contribution >= 4 is 33.2 Å². The molecule has 0 radical (unpaired) electrons. The molecule has 1 aliphatic carbocycles. The fraction of sp³-hybridized carbons (Fsp3) is 0.0800. The summed E-state index contributed by atoms with van der Waals surface area (Å²) < 4.78 is 29.9. The van der Waals surface area contributed by atoms with Gasteiger partial charge in [0.15, 0.2) is 0 Å². The topological polar surface area (TPSA) is 113 Å². The molecule has 0 aliphatic heterocycles. The molecule has 3 aromatic rings. The molecule has 0 aromatic heterocycles. The second kappa shape index (κ2) is 8.48. The van der Waals surface area contributed by atoms with E-state index in [1.54, 1.807) is 24.3 Å². The lowest BCUT2D eigenvalue weighted by atomic mass is 9.92. The van der Waals surface area contributed by atoms with Gasteiger partial charge >= 0.3 is 5.97 Å². The maximum Gasteiger partial charge on any atom is 0.335 e. The molecule has 166 valence electrons. The van der Waals surface area contributed by atoms with Gasteiger partial charge < -0.3 is 10.4 Å². The lowest BCUT2D eigenvalue weighted by molar-refractivity contribution is 0.0696.